The Hall–Kier alpha value is -0.620. The molecule has 6 heteroatoms. The molecule has 0 spiro atoms. The van der Waals surface area contributed by atoms with Crippen molar-refractivity contribution in [2.24, 2.45) is 0 Å². The van der Waals surface area contributed by atoms with Crippen LogP contribution in [0.3, 0.4) is 0 Å². The van der Waals surface area contributed by atoms with Crippen molar-refractivity contribution in [2.75, 3.05) is 20.6 Å². The quantitative estimate of drug-likeness (QED) is 0.841. The zero-order chi connectivity index (χ0) is 15.3. The minimum Gasteiger partial charge on any atom is -0.305 e. The molecule has 1 N–H and O–H groups in total. The molecule has 0 amide bonds. The van der Waals surface area contributed by atoms with E-state index in [-0.39, 0.29) is 16.0 Å². The highest BCUT2D eigenvalue weighted by molar-refractivity contribution is 7.89. The van der Waals surface area contributed by atoms with E-state index in [2.05, 4.69) is 11.6 Å². The lowest BCUT2D eigenvalue weighted by Crippen LogP contribution is -2.40. The van der Waals surface area contributed by atoms with Crippen LogP contribution in [0, 0.1) is 6.92 Å². The number of sulfonamides is 1. The van der Waals surface area contributed by atoms with Gasteiger partial charge >= 0.3 is 0 Å². The third kappa shape index (κ3) is 4.45. The number of likely N-dealkylation sites (N-methyl/N-ethyl adjacent to an activating group) is 1. The second-order valence-corrected chi connectivity index (χ2v) is 7.25. The second kappa shape index (κ2) is 7.41. The van der Waals surface area contributed by atoms with Gasteiger partial charge in [0.15, 0.2) is 0 Å². The minimum absolute atomic E-state index is 0.177. The number of benzene rings is 1. The Morgan fingerprint density at radius 3 is 2.50 bits per heavy atom. The standard InChI is InChI=1S/C14H23ClN2O2S/c1-5-7-12(17(3)4)10-16-20(18,19)14-11(2)8-6-9-13(14)15/h6,8-9,12,16H,5,7,10H2,1-4H3/t12-/m1/s1. The van der Waals surface area contributed by atoms with E-state index in [0.29, 0.717) is 12.1 Å². The van der Waals surface area contributed by atoms with Crippen molar-refractivity contribution in [3.8, 4) is 0 Å². The molecule has 4 nitrogen and oxygen atoms in total. The largest absolute Gasteiger partial charge is 0.305 e. The molecule has 0 aliphatic carbocycles. The third-order valence-electron chi connectivity index (χ3n) is 3.29. The highest BCUT2D eigenvalue weighted by Crippen LogP contribution is 2.24. The minimum atomic E-state index is -3.58. The highest BCUT2D eigenvalue weighted by Gasteiger charge is 2.22. The van der Waals surface area contributed by atoms with E-state index in [1.165, 1.54) is 0 Å². The zero-order valence-corrected chi connectivity index (χ0v) is 14.1. The molecule has 0 radical (unpaired) electrons. The van der Waals surface area contributed by atoms with Gasteiger partial charge in [0.05, 0.1) is 5.02 Å². The van der Waals surface area contributed by atoms with E-state index in [1.54, 1.807) is 25.1 Å². The van der Waals surface area contributed by atoms with Crippen molar-refractivity contribution >= 4 is 21.6 Å². The number of aryl methyl sites for hydroxylation is 1. The molecule has 1 rings (SSSR count). The molecule has 0 aliphatic rings. The number of hydrogen-bond acceptors (Lipinski definition) is 3. The van der Waals surface area contributed by atoms with Gasteiger partial charge in [0, 0.05) is 12.6 Å². The molecule has 0 bridgehead atoms. The van der Waals surface area contributed by atoms with Gasteiger partial charge in [0.25, 0.3) is 0 Å². The summed E-state index contributed by atoms with van der Waals surface area (Å²) in [6, 6.07) is 5.27. The Morgan fingerprint density at radius 1 is 1.35 bits per heavy atom. The number of rotatable bonds is 7. The fourth-order valence-corrected chi connectivity index (χ4v) is 4.01. The van der Waals surface area contributed by atoms with Gasteiger partial charge in [-0.3, -0.25) is 0 Å². The van der Waals surface area contributed by atoms with Crippen molar-refractivity contribution < 1.29 is 8.42 Å². The van der Waals surface area contributed by atoms with Crippen molar-refractivity contribution in [1.82, 2.24) is 9.62 Å². The second-order valence-electron chi connectivity index (χ2n) is 5.14. The van der Waals surface area contributed by atoms with Crippen molar-refractivity contribution in [3.05, 3.63) is 28.8 Å². The van der Waals surface area contributed by atoms with Gasteiger partial charge < -0.3 is 4.90 Å². The number of hydrogen-bond donors (Lipinski definition) is 1. The van der Waals surface area contributed by atoms with Gasteiger partial charge in [-0.25, -0.2) is 13.1 Å². The normalized spacial score (nSPS) is 13.7. The van der Waals surface area contributed by atoms with E-state index in [0.717, 1.165) is 12.8 Å². The fourth-order valence-electron chi connectivity index (χ4n) is 2.11. The Bertz CT molecular complexity index is 524. The number of nitrogens with zero attached hydrogens (tertiary/aromatic N) is 1. The van der Waals surface area contributed by atoms with Crippen LogP contribution in [0.2, 0.25) is 5.02 Å². The molecular formula is C14H23ClN2O2S. The van der Waals surface area contributed by atoms with Crippen molar-refractivity contribution in [3.63, 3.8) is 0 Å². The molecule has 0 heterocycles. The summed E-state index contributed by atoms with van der Waals surface area (Å²) in [5.74, 6) is 0. The van der Waals surface area contributed by atoms with Gasteiger partial charge in [0.1, 0.15) is 4.90 Å². The van der Waals surface area contributed by atoms with E-state index in [9.17, 15) is 8.42 Å². The summed E-state index contributed by atoms with van der Waals surface area (Å²) in [6.07, 6.45) is 1.95. The average Bonchev–Trinajstić information content (AvgIpc) is 2.33. The maximum Gasteiger partial charge on any atom is 0.242 e. The van der Waals surface area contributed by atoms with Crippen LogP contribution in [0.1, 0.15) is 25.3 Å². The van der Waals surface area contributed by atoms with Crippen LogP contribution in [0.25, 0.3) is 0 Å². The van der Waals surface area contributed by atoms with Gasteiger partial charge in [0.2, 0.25) is 10.0 Å². The number of halogens is 1. The topological polar surface area (TPSA) is 49.4 Å². The van der Waals surface area contributed by atoms with E-state index in [1.807, 2.05) is 19.0 Å². The first-order valence-corrected chi connectivity index (χ1v) is 8.57. The Balaban J connectivity index is 2.90. The molecule has 0 saturated carbocycles. The molecular weight excluding hydrogens is 296 g/mol. The summed E-state index contributed by atoms with van der Waals surface area (Å²) in [5.41, 5.74) is 0.655. The van der Waals surface area contributed by atoms with E-state index >= 15 is 0 Å². The molecule has 1 aromatic rings. The van der Waals surface area contributed by atoms with Crippen LogP contribution in [0.15, 0.2) is 23.1 Å². The average molecular weight is 319 g/mol. The summed E-state index contributed by atoms with van der Waals surface area (Å²) in [7, 11) is 0.330. The Morgan fingerprint density at radius 2 is 2.00 bits per heavy atom. The van der Waals surface area contributed by atoms with E-state index < -0.39 is 10.0 Å². The maximum atomic E-state index is 12.4. The van der Waals surface area contributed by atoms with Crippen LogP contribution in [0.5, 0.6) is 0 Å². The molecule has 0 aliphatic heterocycles. The first-order chi connectivity index (χ1) is 9.29. The van der Waals surface area contributed by atoms with Crippen molar-refractivity contribution in [2.45, 2.75) is 37.6 Å². The fraction of sp³-hybridized carbons (Fsp3) is 0.571. The van der Waals surface area contributed by atoms with Crippen LogP contribution >= 0.6 is 11.6 Å². The summed E-state index contributed by atoms with van der Waals surface area (Å²) >= 11 is 6.02. The maximum absolute atomic E-state index is 12.4. The lowest BCUT2D eigenvalue weighted by molar-refractivity contribution is 0.277. The predicted octanol–water partition coefficient (Wildman–Crippen LogP) is 2.66. The van der Waals surface area contributed by atoms with Gasteiger partial charge in [-0.2, -0.15) is 0 Å². The smallest absolute Gasteiger partial charge is 0.242 e. The summed E-state index contributed by atoms with van der Waals surface area (Å²) in [5, 5.41) is 0.259. The molecule has 1 aromatic carbocycles. The molecule has 1 atom stereocenters. The van der Waals surface area contributed by atoms with Crippen LogP contribution < -0.4 is 4.72 Å². The molecule has 114 valence electrons. The first kappa shape index (κ1) is 17.4. The zero-order valence-electron chi connectivity index (χ0n) is 12.5. The molecule has 0 aromatic heterocycles. The first-order valence-electron chi connectivity index (χ1n) is 6.70. The summed E-state index contributed by atoms with van der Waals surface area (Å²) in [6.45, 7) is 4.22. The van der Waals surface area contributed by atoms with Crippen LogP contribution in [-0.4, -0.2) is 40.0 Å². The SMILES string of the molecule is CCC[C@H](CNS(=O)(=O)c1c(C)cccc1Cl)N(C)C. The number of nitrogens with one attached hydrogen (secondary N) is 1. The highest BCUT2D eigenvalue weighted by atomic mass is 35.5. The monoisotopic (exact) mass is 318 g/mol. The third-order valence-corrected chi connectivity index (χ3v) is 5.35. The molecule has 0 unspecified atom stereocenters. The molecule has 0 fully saturated rings. The van der Waals surface area contributed by atoms with Crippen molar-refractivity contribution in [1.29, 1.82) is 0 Å². The van der Waals surface area contributed by atoms with Crippen LogP contribution in [0.4, 0.5) is 0 Å². The van der Waals surface area contributed by atoms with E-state index in [4.69, 9.17) is 11.6 Å². The van der Waals surface area contributed by atoms with Gasteiger partial charge in [-0.15, -0.1) is 0 Å². The van der Waals surface area contributed by atoms with Gasteiger partial charge in [-0.1, -0.05) is 37.1 Å². The Labute approximate surface area is 127 Å². The molecule has 0 saturated heterocycles. The van der Waals surface area contributed by atoms with Crippen LogP contribution in [-0.2, 0) is 10.0 Å². The lowest BCUT2D eigenvalue weighted by Gasteiger charge is -2.24. The summed E-state index contributed by atoms with van der Waals surface area (Å²) in [4.78, 5) is 2.21. The Kier molecular flexibility index (Phi) is 6.45. The predicted molar refractivity (Wildman–Crippen MR) is 83.8 cm³/mol. The summed E-state index contributed by atoms with van der Waals surface area (Å²) < 4.78 is 27.5. The molecule has 20 heavy (non-hydrogen) atoms. The van der Waals surface area contributed by atoms with Gasteiger partial charge in [-0.05, 0) is 39.1 Å². The lowest BCUT2D eigenvalue weighted by atomic mass is 10.1.